The van der Waals surface area contributed by atoms with Gasteiger partial charge >= 0.3 is 0 Å². The monoisotopic (exact) mass is 190 g/mol. The number of rotatable bonds is 1. The number of hydrogen-bond donors (Lipinski definition) is 0. The highest BCUT2D eigenvalue weighted by Crippen LogP contribution is 2.14. The molecule has 2 aromatic rings. The Morgan fingerprint density at radius 2 is 1.93 bits per heavy atom. The highest BCUT2D eigenvalue weighted by molar-refractivity contribution is 5.28. The van der Waals surface area contributed by atoms with Crippen molar-refractivity contribution in [3.05, 3.63) is 29.3 Å². The van der Waals surface area contributed by atoms with Gasteiger partial charge in [-0.1, -0.05) is 0 Å². The second-order valence-corrected chi connectivity index (χ2v) is 3.55. The van der Waals surface area contributed by atoms with Gasteiger partial charge in [0.1, 0.15) is 0 Å². The minimum atomic E-state index is 0.860. The first-order valence-corrected chi connectivity index (χ1v) is 4.61. The summed E-state index contributed by atoms with van der Waals surface area (Å²) < 4.78 is 3.84. The van der Waals surface area contributed by atoms with Crippen molar-refractivity contribution in [1.82, 2.24) is 19.3 Å². The fourth-order valence-electron chi connectivity index (χ4n) is 1.48. The lowest BCUT2D eigenvalue weighted by Crippen LogP contribution is -2.06. The zero-order valence-electron chi connectivity index (χ0n) is 8.94. The van der Waals surface area contributed by atoms with Crippen molar-refractivity contribution in [2.24, 2.45) is 7.05 Å². The molecular weight excluding hydrogens is 176 g/mol. The molecule has 0 radical (unpaired) electrons. The Kier molecular flexibility index (Phi) is 1.91. The molecular formula is C10H14N4. The van der Waals surface area contributed by atoms with Crippen LogP contribution in [0.1, 0.15) is 17.0 Å². The van der Waals surface area contributed by atoms with Crippen molar-refractivity contribution < 1.29 is 0 Å². The van der Waals surface area contributed by atoms with E-state index in [0.717, 1.165) is 17.3 Å². The second kappa shape index (κ2) is 2.97. The van der Waals surface area contributed by atoms with Gasteiger partial charge in [0.25, 0.3) is 0 Å². The molecule has 2 rings (SSSR count). The third-order valence-corrected chi connectivity index (χ3v) is 2.64. The molecule has 0 unspecified atom stereocenters. The Hall–Kier alpha value is -1.58. The van der Waals surface area contributed by atoms with Gasteiger partial charge < -0.3 is 4.57 Å². The number of imidazole rings is 1. The van der Waals surface area contributed by atoms with Crippen molar-refractivity contribution in [2.45, 2.75) is 20.8 Å². The molecule has 2 heterocycles. The SMILES string of the molecule is Cc1nn(-c2nccn2C)c(C)c1C. The molecule has 0 saturated heterocycles. The van der Waals surface area contributed by atoms with Crippen LogP contribution in [0, 0.1) is 20.8 Å². The van der Waals surface area contributed by atoms with Crippen LogP contribution in [0.5, 0.6) is 0 Å². The van der Waals surface area contributed by atoms with E-state index in [0.29, 0.717) is 0 Å². The molecule has 0 aromatic carbocycles. The summed E-state index contributed by atoms with van der Waals surface area (Å²) in [6.07, 6.45) is 3.70. The first-order chi connectivity index (χ1) is 6.61. The summed E-state index contributed by atoms with van der Waals surface area (Å²) in [5.74, 6) is 0.860. The first kappa shape index (κ1) is 8.99. The van der Waals surface area contributed by atoms with Crippen molar-refractivity contribution >= 4 is 0 Å². The van der Waals surface area contributed by atoms with Crippen LogP contribution in [0.3, 0.4) is 0 Å². The van der Waals surface area contributed by atoms with Gasteiger partial charge in [0, 0.05) is 25.1 Å². The van der Waals surface area contributed by atoms with Gasteiger partial charge in [-0.05, 0) is 26.3 Å². The van der Waals surface area contributed by atoms with Crippen molar-refractivity contribution in [1.29, 1.82) is 0 Å². The van der Waals surface area contributed by atoms with Crippen LogP contribution in [-0.2, 0) is 7.05 Å². The topological polar surface area (TPSA) is 35.6 Å². The summed E-state index contributed by atoms with van der Waals surface area (Å²) in [6, 6.07) is 0. The Balaban J connectivity index is 2.63. The second-order valence-electron chi connectivity index (χ2n) is 3.55. The molecule has 4 nitrogen and oxygen atoms in total. The van der Waals surface area contributed by atoms with E-state index in [1.165, 1.54) is 5.56 Å². The molecule has 0 aliphatic heterocycles. The molecule has 0 aliphatic rings. The highest BCUT2D eigenvalue weighted by Gasteiger charge is 2.11. The molecule has 2 aromatic heterocycles. The van der Waals surface area contributed by atoms with Crippen molar-refractivity contribution in [3.63, 3.8) is 0 Å². The average Bonchev–Trinajstić information content (AvgIpc) is 2.66. The third kappa shape index (κ3) is 1.14. The number of aryl methyl sites for hydroxylation is 2. The van der Waals surface area contributed by atoms with Crippen LogP contribution in [0.25, 0.3) is 5.95 Å². The molecule has 0 amide bonds. The lowest BCUT2D eigenvalue weighted by molar-refractivity contribution is 0.726. The molecule has 0 N–H and O–H groups in total. The van der Waals surface area contributed by atoms with Crippen LogP contribution >= 0.6 is 0 Å². The maximum atomic E-state index is 4.45. The fourth-order valence-corrected chi connectivity index (χ4v) is 1.48. The van der Waals surface area contributed by atoms with Crippen molar-refractivity contribution in [2.75, 3.05) is 0 Å². The van der Waals surface area contributed by atoms with Gasteiger partial charge in [0.2, 0.25) is 5.95 Å². The van der Waals surface area contributed by atoms with Crippen LogP contribution in [0.15, 0.2) is 12.4 Å². The minimum absolute atomic E-state index is 0.860. The predicted octanol–water partition coefficient (Wildman–Crippen LogP) is 1.53. The van der Waals surface area contributed by atoms with Gasteiger partial charge in [-0.15, -0.1) is 0 Å². The number of hydrogen-bond acceptors (Lipinski definition) is 2. The molecule has 74 valence electrons. The summed E-state index contributed by atoms with van der Waals surface area (Å²) in [7, 11) is 1.97. The number of aromatic nitrogens is 4. The van der Waals surface area contributed by atoms with E-state index in [-0.39, 0.29) is 0 Å². The maximum absolute atomic E-state index is 4.45. The average molecular weight is 190 g/mol. The molecule has 14 heavy (non-hydrogen) atoms. The molecule has 0 fully saturated rings. The van der Waals surface area contributed by atoms with Crippen LogP contribution in [-0.4, -0.2) is 19.3 Å². The largest absolute Gasteiger partial charge is 0.319 e. The normalized spacial score (nSPS) is 10.9. The van der Waals surface area contributed by atoms with Gasteiger partial charge in [-0.2, -0.15) is 5.10 Å². The molecule has 0 atom stereocenters. The van der Waals surface area contributed by atoms with Crippen molar-refractivity contribution in [3.8, 4) is 5.95 Å². The maximum Gasteiger partial charge on any atom is 0.230 e. The summed E-state index contributed by atoms with van der Waals surface area (Å²) in [5.41, 5.74) is 3.44. The zero-order chi connectivity index (χ0) is 10.3. The van der Waals surface area contributed by atoms with E-state index >= 15 is 0 Å². The van der Waals surface area contributed by atoms with Crippen LogP contribution in [0.4, 0.5) is 0 Å². The van der Waals surface area contributed by atoms with Gasteiger partial charge in [0.15, 0.2) is 0 Å². The Morgan fingerprint density at radius 1 is 1.21 bits per heavy atom. The molecule has 4 heteroatoms. The Morgan fingerprint density at radius 3 is 2.36 bits per heavy atom. The van der Waals surface area contributed by atoms with E-state index in [1.807, 2.05) is 29.4 Å². The zero-order valence-corrected chi connectivity index (χ0v) is 8.94. The first-order valence-electron chi connectivity index (χ1n) is 4.61. The summed E-state index contributed by atoms with van der Waals surface area (Å²) in [4.78, 5) is 4.26. The van der Waals surface area contributed by atoms with Crippen LogP contribution in [0.2, 0.25) is 0 Å². The molecule has 0 saturated carbocycles. The predicted molar refractivity (Wildman–Crippen MR) is 54.5 cm³/mol. The van der Waals surface area contributed by atoms with E-state index in [2.05, 4.69) is 23.9 Å². The van der Waals surface area contributed by atoms with Crippen LogP contribution < -0.4 is 0 Å². The molecule has 0 aliphatic carbocycles. The Bertz CT molecular complexity index is 464. The lowest BCUT2D eigenvalue weighted by Gasteiger charge is -2.03. The standard InChI is InChI=1S/C10H14N4/c1-7-8(2)12-14(9(7)3)10-11-5-6-13(10)4/h5-6H,1-4H3. The van der Waals surface area contributed by atoms with E-state index in [1.54, 1.807) is 6.20 Å². The third-order valence-electron chi connectivity index (χ3n) is 2.64. The lowest BCUT2D eigenvalue weighted by atomic mass is 10.2. The van der Waals surface area contributed by atoms with E-state index < -0.39 is 0 Å². The van der Waals surface area contributed by atoms with Gasteiger partial charge in [0.05, 0.1) is 5.69 Å². The van der Waals surface area contributed by atoms with Gasteiger partial charge in [-0.3, -0.25) is 0 Å². The molecule has 0 spiro atoms. The summed E-state index contributed by atoms with van der Waals surface area (Å²) in [6.45, 7) is 6.16. The quantitative estimate of drug-likeness (QED) is 0.683. The Labute approximate surface area is 83.2 Å². The summed E-state index contributed by atoms with van der Waals surface area (Å²) in [5, 5.41) is 4.45. The van der Waals surface area contributed by atoms with E-state index in [4.69, 9.17) is 0 Å². The van der Waals surface area contributed by atoms with Gasteiger partial charge in [-0.25, -0.2) is 9.67 Å². The fraction of sp³-hybridized carbons (Fsp3) is 0.400. The molecule has 0 bridgehead atoms. The minimum Gasteiger partial charge on any atom is -0.319 e. The number of nitrogens with zero attached hydrogens (tertiary/aromatic N) is 4. The van der Waals surface area contributed by atoms with E-state index in [9.17, 15) is 0 Å². The highest BCUT2D eigenvalue weighted by atomic mass is 15.4. The summed E-state index contributed by atoms with van der Waals surface area (Å²) >= 11 is 0. The smallest absolute Gasteiger partial charge is 0.230 e.